The van der Waals surface area contributed by atoms with Crippen molar-refractivity contribution in [1.29, 1.82) is 0 Å². The molecule has 1 N–H and O–H groups in total. The molecule has 54 valence electrons. The molecular formula is C4H9AsO4. The SMILES string of the molecule is CC(=O)OC[As](C)(=O)O. The van der Waals surface area contributed by atoms with Crippen LogP contribution in [0, 0.1) is 0 Å². The second-order valence-electron chi connectivity index (χ2n) is 1.82. The third-order valence-electron chi connectivity index (χ3n) is 0.507. The molecule has 1 atom stereocenters. The first-order chi connectivity index (χ1) is 3.92. The van der Waals surface area contributed by atoms with Gasteiger partial charge in [-0.2, -0.15) is 0 Å². The van der Waals surface area contributed by atoms with Gasteiger partial charge in [0, 0.05) is 0 Å². The van der Waals surface area contributed by atoms with Crippen molar-refractivity contribution in [3.63, 3.8) is 0 Å². The van der Waals surface area contributed by atoms with E-state index in [-0.39, 0.29) is 5.39 Å². The molecule has 5 heteroatoms. The summed E-state index contributed by atoms with van der Waals surface area (Å²) in [4.78, 5) is 10.0. The van der Waals surface area contributed by atoms with Crippen LogP contribution in [0.2, 0.25) is 5.71 Å². The predicted octanol–water partition coefficient (Wildman–Crippen LogP) is -0.417. The Labute approximate surface area is 55.8 Å². The van der Waals surface area contributed by atoms with Gasteiger partial charge in [0.15, 0.2) is 0 Å². The maximum atomic E-state index is 10.5. The molecule has 0 aromatic carbocycles. The molecule has 0 aromatic rings. The van der Waals surface area contributed by atoms with Gasteiger partial charge in [-0.1, -0.05) is 0 Å². The Kier molecular flexibility index (Phi) is 3.01. The molecule has 0 aromatic heterocycles. The Bertz CT molecular complexity index is 147. The zero-order valence-corrected chi connectivity index (χ0v) is 7.20. The second kappa shape index (κ2) is 3.08. The van der Waals surface area contributed by atoms with Crippen molar-refractivity contribution < 1.29 is 17.4 Å². The molecule has 0 amide bonds. The van der Waals surface area contributed by atoms with Gasteiger partial charge in [0.2, 0.25) is 0 Å². The van der Waals surface area contributed by atoms with E-state index in [0.29, 0.717) is 0 Å². The summed E-state index contributed by atoms with van der Waals surface area (Å²) in [5.41, 5.74) is 1.20. The van der Waals surface area contributed by atoms with Crippen LogP contribution in [-0.4, -0.2) is 29.3 Å². The Hall–Kier alpha value is -0.212. The average Bonchev–Trinajstić information content (AvgIpc) is 1.59. The van der Waals surface area contributed by atoms with Crippen molar-refractivity contribution >= 4 is 19.8 Å². The molecule has 0 aliphatic heterocycles. The number of carbonyl (C=O) groups is 1. The summed E-state index contributed by atoms with van der Waals surface area (Å²) >= 11 is -3.71. The van der Waals surface area contributed by atoms with E-state index in [1.165, 1.54) is 12.6 Å². The molecule has 0 bridgehead atoms. The third-order valence-corrected chi connectivity index (χ3v) is 1.78. The Balaban J connectivity index is 3.53. The van der Waals surface area contributed by atoms with Crippen LogP contribution in [-0.2, 0) is 13.3 Å². The van der Waals surface area contributed by atoms with Gasteiger partial charge < -0.3 is 0 Å². The average molecular weight is 196 g/mol. The van der Waals surface area contributed by atoms with Crippen LogP contribution in [0.25, 0.3) is 0 Å². The molecule has 0 radical (unpaired) electrons. The monoisotopic (exact) mass is 196 g/mol. The van der Waals surface area contributed by atoms with E-state index in [1.807, 2.05) is 0 Å². The summed E-state index contributed by atoms with van der Waals surface area (Å²) < 4.78 is 23.3. The van der Waals surface area contributed by atoms with Gasteiger partial charge in [-0.05, 0) is 0 Å². The summed E-state index contributed by atoms with van der Waals surface area (Å²) in [6, 6.07) is 0. The van der Waals surface area contributed by atoms with E-state index in [1.54, 1.807) is 0 Å². The van der Waals surface area contributed by atoms with Crippen LogP contribution < -0.4 is 0 Å². The van der Waals surface area contributed by atoms with Crippen LogP contribution in [0.1, 0.15) is 6.92 Å². The molecule has 1 unspecified atom stereocenters. The number of ether oxygens (including phenoxy) is 1. The Morgan fingerprint density at radius 3 is 2.33 bits per heavy atom. The van der Waals surface area contributed by atoms with Crippen molar-refractivity contribution in [2.45, 2.75) is 12.6 Å². The van der Waals surface area contributed by atoms with E-state index in [0.717, 1.165) is 0 Å². The first-order valence-corrected chi connectivity index (χ1v) is 7.15. The first kappa shape index (κ1) is 8.79. The fourth-order valence-corrected chi connectivity index (χ4v) is 1.09. The third kappa shape index (κ3) is 7.79. The first-order valence-electron chi connectivity index (χ1n) is 2.34. The normalized spacial score (nSPS) is 16.3. The van der Waals surface area contributed by atoms with Gasteiger partial charge in [-0.15, -0.1) is 0 Å². The number of carbonyl (C=O) groups excluding carboxylic acids is 1. The summed E-state index contributed by atoms with van der Waals surface area (Å²) in [5, 5.41) is -0.326. The van der Waals surface area contributed by atoms with Crippen molar-refractivity contribution in [2.24, 2.45) is 0 Å². The van der Waals surface area contributed by atoms with Gasteiger partial charge in [-0.3, -0.25) is 0 Å². The number of hydrogen-bond acceptors (Lipinski definition) is 3. The molecular weight excluding hydrogens is 187 g/mol. The van der Waals surface area contributed by atoms with Crippen molar-refractivity contribution in [1.82, 2.24) is 0 Å². The van der Waals surface area contributed by atoms with Crippen LogP contribution in [0.15, 0.2) is 0 Å². The molecule has 0 spiro atoms. The Morgan fingerprint density at radius 2 is 2.22 bits per heavy atom. The molecule has 0 saturated heterocycles. The molecule has 0 heterocycles. The van der Waals surface area contributed by atoms with E-state index in [4.69, 9.17) is 4.10 Å². The molecule has 9 heavy (non-hydrogen) atoms. The van der Waals surface area contributed by atoms with Crippen molar-refractivity contribution in [3.05, 3.63) is 0 Å². The van der Waals surface area contributed by atoms with E-state index in [9.17, 15) is 8.53 Å². The van der Waals surface area contributed by atoms with Crippen LogP contribution >= 0.6 is 0 Å². The molecule has 0 aliphatic rings. The fourth-order valence-electron chi connectivity index (χ4n) is 0.211. The van der Waals surface area contributed by atoms with Crippen LogP contribution in [0.5, 0.6) is 0 Å². The van der Waals surface area contributed by atoms with Gasteiger partial charge in [-0.25, -0.2) is 0 Å². The van der Waals surface area contributed by atoms with Gasteiger partial charge >= 0.3 is 55.2 Å². The molecule has 0 saturated carbocycles. The fraction of sp³-hybridized carbons (Fsp3) is 0.750. The summed E-state index contributed by atoms with van der Waals surface area (Å²) in [7, 11) is 0. The zero-order chi connectivity index (χ0) is 7.49. The molecule has 0 aliphatic carbocycles. The number of hydrogen-bond donors (Lipinski definition) is 1. The van der Waals surface area contributed by atoms with E-state index >= 15 is 0 Å². The van der Waals surface area contributed by atoms with Crippen LogP contribution in [0.3, 0.4) is 0 Å². The number of esters is 1. The van der Waals surface area contributed by atoms with Gasteiger partial charge in [0.05, 0.1) is 0 Å². The molecule has 4 nitrogen and oxygen atoms in total. The van der Waals surface area contributed by atoms with Crippen LogP contribution in [0.4, 0.5) is 0 Å². The zero-order valence-electron chi connectivity index (χ0n) is 5.33. The number of rotatable bonds is 2. The van der Waals surface area contributed by atoms with Crippen molar-refractivity contribution in [3.8, 4) is 0 Å². The van der Waals surface area contributed by atoms with E-state index in [2.05, 4.69) is 4.74 Å². The minimum atomic E-state index is -3.71. The van der Waals surface area contributed by atoms with Crippen molar-refractivity contribution in [2.75, 3.05) is 5.39 Å². The maximum absolute atomic E-state index is 10.5. The predicted molar refractivity (Wildman–Crippen MR) is 31.2 cm³/mol. The topological polar surface area (TPSA) is 63.6 Å². The summed E-state index contributed by atoms with van der Waals surface area (Å²) in [6.07, 6.45) is 0. The second-order valence-corrected chi connectivity index (χ2v) is 6.77. The quantitative estimate of drug-likeness (QED) is 0.481. The summed E-state index contributed by atoms with van der Waals surface area (Å²) in [6.45, 7) is 1.20. The molecule has 0 fully saturated rings. The Morgan fingerprint density at radius 1 is 1.78 bits per heavy atom. The van der Waals surface area contributed by atoms with Gasteiger partial charge in [0.1, 0.15) is 0 Å². The summed E-state index contributed by atoms with van der Waals surface area (Å²) in [5.74, 6) is -0.521. The molecule has 0 rings (SSSR count). The standard InChI is InChI=1S/C4H9AsO4/c1-4(6)9-3-5(2,7)8/h3H2,1-2H3,(H,7,8). The van der Waals surface area contributed by atoms with E-state index < -0.39 is 19.8 Å². The minimum absolute atomic E-state index is 0.326. The van der Waals surface area contributed by atoms with Gasteiger partial charge in [0.25, 0.3) is 0 Å².